The largest absolute Gasteiger partial charge is 0.382 e. The molecule has 6 nitrogen and oxygen atoms in total. The average molecular weight is 238 g/mol. The van der Waals surface area contributed by atoms with Crippen molar-refractivity contribution in [1.82, 2.24) is 15.1 Å². The molecule has 1 atom stereocenters. The second-order valence-corrected chi connectivity index (χ2v) is 4.12. The number of carbonyl (C=O) groups is 1. The molecule has 0 aromatic carbocycles. The van der Waals surface area contributed by atoms with Crippen LogP contribution in [0.25, 0.3) is 0 Å². The number of nitrogens with two attached hydrogens (primary N) is 1. The van der Waals surface area contributed by atoms with Gasteiger partial charge in [0.05, 0.1) is 6.10 Å². The predicted molar refractivity (Wildman–Crippen MR) is 63.6 cm³/mol. The zero-order valence-corrected chi connectivity index (χ0v) is 9.98. The van der Waals surface area contributed by atoms with E-state index in [4.69, 9.17) is 10.5 Å². The van der Waals surface area contributed by atoms with Gasteiger partial charge >= 0.3 is 0 Å². The number of nitrogen functional groups attached to an aromatic ring is 1. The maximum absolute atomic E-state index is 11.9. The summed E-state index contributed by atoms with van der Waals surface area (Å²) < 4.78 is 7.04. The molecule has 17 heavy (non-hydrogen) atoms. The maximum Gasteiger partial charge on any atom is 0.269 e. The van der Waals surface area contributed by atoms with E-state index in [-0.39, 0.29) is 12.0 Å². The second kappa shape index (κ2) is 5.18. The number of hydrogen-bond acceptors (Lipinski definition) is 4. The number of hydrogen-bond donors (Lipinski definition) is 2. The van der Waals surface area contributed by atoms with Crippen molar-refractivity contribution in [3.8, 4) is 0 Å². The van der Waals surface area contributed by atoms with Crippen LogP contribution in [-0.4, -0.2) is 34.9 Å². The van der Waals surface area contributed by atoms with E-state index >= 15 is 0 Å². The van der Waals surface area contributed by atoms with E-state index in [1.165, 1.54) is 0 Å². The van der Waals surface area contributed by atoms with E-state index in [9.17, 15) is 4.79 Å². The Morgan fingerprint density at radius 1 is 1.76 bits per heavy atom. The molecule has 1 saturated heterocycles. The molecular formula is C11H18N4O2. The fourth-order valence-corrected chi connectivity index (χ4v) is 1.96. The third kappa shape index (κ3) is 2.76. The van der Waals surface area contributed by atoms with E-state index < -0.39 is 0 Å². The number of aryl methyl sites for hydroxylation is 1. The van der Waals surface area contributed by atoms with Gasteiger partial charge in [-0.05, 0) is 19.8 Å². The number of ether oxygens (including phenoxy) is 1. The Morgan fingerprint density at radius 3 is 3.24 bits per heavy atom. The fraction of sp³-hybridized carbons (Fsp3) is 0.636. The lowest BCUT2D eigenvalue weighted by Crippen LogP contribution is -2.33. The first-order valence-electron chi connectivity index (χ1n) is 5.94. The first-order valence-corrected chi connectivity index (χ1v) is 5.94. The number of nitrogens with zero attached hydrogens (tertiary/aromatic N) is 2. The number of rotatable bonds is 4. The SMILES string of the molecule is CCn1nc(N)cc1C(=O)NC[C@@H]1CCCO1. The molecule has 0 unspecified atom stereocenters. The summed E-state index contributed by atoms with van der Waals surface area (Å²) in [6.45, 7) is 3.89. The van der Waals surface area contributed by atoms with Gasteiger partial charge in [-0.2, -0.15) is 5.10 Å². The van der Waals surface area contributed by atoms with Crippen LogP contribution < -0.4 is 11.1 Å². The minimum Gasteiger partial charge on any atom is -0.382 e. The van der Waals surface area contributed by atoms with Gasteiger partial charge in [0.2, 0.25) is 0 Å². The van der Waals surface area contributed by atoms with Crippen LogP contribution in [0, 0.1) is 0 Å². The summed E-state index contributed by atoms with van der Waals surface area (Å²) in [6.07, 6.45) is 2.23. The van der Waals surface area contributed by atoms with Crippen molar-refractivity contribution in [2.45, 2.75) is 32.4 Å². The molecular weight excluding hydrogens is 220 g/mol. The smallest absolute Gasteiger partial charge is 0.269 e. The van der Waals surface area contributed by atoms with Gasteiger partial charge in [0, 0.05) is 25.8 Å². The van der Waals surface area contributed by atoms with Gasteiger partial charge in [-0.1, -0.05) is 0 Å². The lowest BCUT2D eigenvalue weighted by molar-refractivity contribution is 0.0849. The molecule has 94 valence electrons. The Morgan fingerprint density at radius 2 is 2.59 bits per heavy atom. The Kier molecular flexibility index (Phi) is 3.63. The van der Waals surface area contributed by atoms with Gasteiger partial charge in [-0.25, -0.2) is 0 Å². The fourth-order valence-electron chi connectivity index (χ4n) is 1.96. The third-order valence-electron chi connectivity index (χ3n) is 2.85. The van der Waals surface area contributed by atoms with Crippen LogP contribution in [-0.2, 0) is 11.3 Å². The molecule has 1 aromatic rings. The molecule has 2 heterocycles. The lowest BCUT2D eigenvalue weighted by Gasteiger charge is -2.11. The third-order valence-corrected chi connectivity index (χ3v) is 2.85. The molecule has 1 amide bonds. The van der Waals surface area contributed by atoms with E-state index in [1.54, 1.807) is 10.7 Å². The van der Waals surface area contributed by atoms with E-state index in [0.717, 1.165) is 19.4 Å². The summed E-state index contributed by atoms with van der Waals surface area (Å²) in [5, 5.41) is 6.88. The van der Waals surface area contributed by atoms with Crippen molar-refractivity contribution in [2.24, 2.45) is 0 Å². The quantitative estimate of drug-likeness (QED) is 0.795. The maximum atomic E-state index is 11.9. The van der Waals surface area contributed by atoms with Crippen molar-refractivity contribution in [3.63, 3.8) is 0 Å². The molecule has 0 saturated carbocycles. The number of amides is 1. The minimum absolute atomic E-state index is 0.147. The summed E-state index contributed by atoms with van der Waals surface area (Å²) in [5.74, 6) is 0.223. The van der Waals surface area contributed by atoms with E-state index in [2.05, 4.69) is 10.4 Å². The van der Waals surface area contributed by atoms with Crippen LogP contribution in [0.3, 0.4) is 0 Å². The van der Waals surface area contributed by atoms with Crippen LogP contribution in [0.5, 0.6) is 0 Å². The topological polar surface area (TPSA) is 82.2 Å². The molecule has 0 spiro atoms. The average Bonchev–Trinajstić information content (AvgIpc) is 2.94. The summed E-state index contributed by atoms with van der Waals surface area (Å²) in [4.78, 5) is 11.9. The summed E-state index contributed by atoms with van der Waals surface area (Å²) in [5.41, 5.74) is 6.08. The highest BCUT2D eigenvalue weighted by molar-refractivity contribution is 5.93. The Hall–Kier alpha value is -1.56. The standard InChI is InChI=1S/C11H18N4O2/c1-2-15-9(6-10(12)14-15)11(16)13-7-8-4-3-5-17-8/h6,8H,2-5,7H2,1H3,(H2,12,14)(H,13,16)/t8-/m0/s1. The van der Waals surface area contributed by atoms with Gasteiger partial charge in [-0.15, -0.1) is 0 Å². The van der Waals surface area contributed by atoms with Gasteiger partial charge in [-0.3, -0.25) is 9.48 Å². The van der Waals surface area contributed by atoms with Crippen LogP contribution in [0.1, 0.15) is 30.3 Å². The lowest BCUT2D eigenvalue weighted by atomic mass is 10.2. The molecule has 6 heteroatoms. The second-order valence-electron chi connectivity index (χ2n) is 4.12. The monoisotopic (exact) mass is 238 g/mol. The summed E-state index contributed by atoms with van der Waals surface area (Å²) in [7, 11) is 0. The molecule has 1 fully saturated rings. The highest BCUT2D eigenvalue weighted by Crippen LogP contribution is 2.11. The molecule has 1 aliphatic heterocycles. The van der Waals surface area contributed by atoms with Gasteiger partial charge in [0.1, 0.15) is 11.5 Å². The number of nitrogens with one attached hydrogen (secondary N) is 1. The van der Waals surface area contributed by atoms with Gasteiger partial charge in [0.25, 0.3) is 5.91 Å². The number of aromatic nitrogens is 2. The molecule has 0 aliphatic carbocycles. The van der Waals surface area contributed by atoms with Gasteiger partial charge < -0.3 is 15.8 Å². The van der Waals surface area contributed by atoms with Crippen LogP contribution in [0.15, 0.2) is 6.07 Å². The minimum atomic E-state index is -0.147. The first-order chi connectivity index (χ1) is 8.20. The predicted octanol–water partition coefficient (Wildman–Crippen LogP) is 0.394. The zero-order valence-electron chi connectivity index (χ0n) is 9.98. The first kappa shape index (κ1) is 11.9. The summed E-state index contributed by atoms with van der Waals surface area (Å²) in [6, 6.07) is 1.59. The van der Waals surface area contributed by atoms with E-state index in [1.807, 2.05) is 6.92 Å². The highest BCUT2D eigenvalue weighted by atomic mass is 16.5. The molecule has 1 aromatic heterocycles. The molecule has 1 aliphatic rings. The van der Waals surface area contributed by atoms with Crippen molar-refractivity contribution in [1.29, 1.82) is 0 Å². The molecule has 3 N–H and O–H groups in total. The normalized spacial score (nSPS) is 19.5. The zero-order chi connectivity index (χ0) is 12.3. The van der Waals surface area contributed by atoms with Crippen molar-refractivity contribution in [3.05, 3.63) is 11.8 Å². The van der Waals surface area contributed by atoms with Gasteiger partial charge in [0.15, 0.2) is 0 Å². The molecule has 0 bridgehead atoms. The van der Waals surface area contributed by atoms with Crippen molar-refractivity contribution >= 4 is 11.7 Å². The molecule has 2 rings (SSSR count). The Balaban J connectivity index is 1.93. The van der Waals surface area contributed by atoms with Crippen LogP contribution >= 0.6 is 0 Å². The van der Waals surface area contributed by atoms with Crippen LogP contribution in [0.4, 0.5) is 5.82 Å². The van der Waals surface area contributed by atoms with Crippen LogP contribution in [0.2, 0.25) is 0 Å². The Bertz CT molecular complexity index is 396. The number of carbonyl (C=O) groups excluding carboxylic acids is 1. The Labute approximate surface area is 100 Å². The highest BCUT2D eigenvalue weighted by Gasteiger charge is 2.18. The number of anilines is 1. The van der Waals surface area contributed by atoms with Crippen molar-refractivity contribution < 1.29 is 9.53 Å². The van der Waals surface area contributed by atoms with E-state index in [0.29, 0.717) is 24.6 Å². The van der Waals surface area contributed by atoms with Crippen molar-refractivity contribution in [2.75, 3.05) is 18.9 Å². The molecule has 0 radical (unpaired) electrons. The summed E-state index contributed by atoms with van der Waals surface area (Å²) >= 11 is 0.